The summed E-state index contributed by atoms with van der Waals surface area (Å²) in [5, 5.41) is 0.466. The van der Waals surface area contributed by atoms with Crippen LogP contribution in [0.3, 0.4) is 0 Å². The zero-order chi connectivity index (χ0) is 19.2. The minimum absolute atomic E-state index is 0.166. The van der Waals surface area contributed by atoms with Gasteiger partial charge >= 0.3 is 0 Å². The van der Waals surface area contributed by atoms with Crippen molar-refractivity contribution in [2.75, 3.05) is 12.8 Å². The number of amides is 1. The Kier molecular flexibility index (Phi) is 4.04. The number of carbonyl (C=O) groups is 1. The highest BCUT2D eigenvalue weighted by atomic mass is 16.5. The van der Waals surface area contributed by atoms with Crippen LogP contribution in [0.25, 0.3) is 21.6 Å². The SMILES string of the molecule is [C-]#[N+]c1cc2c(C(N)=O)c(N)n(-c3c(C)ccc(OC)c3C)c2nc1C. The molecule has 0 atom stereocenters. The van der Waals surface area contributed by atoms with E-state index in [-0.39, 0.29) is 11.4 Å². The Morgan fingerprint density at radius 2 is 2.00 bits per heavy atom. The molecule has 2 aromatic heterocycles. The lowest BCUT2D eigenvalue weighted by atomic mass is 10.1. The number of nitrogens with zero attached hydrogens (tertiary/aromatic N) is 3. The van der Waals surface area contributed by atoms with Gasteiger partial charge in [-0.2, -0.15) is 0 Å². The summed E-state index contributed by atoms with van der Waals surface area (Å²) >= 11 is 0. The number of pyridine rings is 1. The fourth-order valence-electron chi connectivity index (χ4n) is 3.28. The molecule has 0 spiro atoms. The van der Waals surface area contributed by atoms with Crippen LogP contribution in [0.2, 0.25) is 0 Å². The molecule has 4 N–H and O–H groups in total. The van der Waals surface area contributed by atoms with Crippen molar-refractivity contribution in [2.24, 2.45) is 5.73 Å². The van der Waals surface area contributed by atoms with Crippen molar-refractivity contribution < 1.29 is 9.53 Å². The first-order chi connectivity index (χ1) is 12.3. The standard InChI is InChI=1S/C19H19N5O2/c1-9-6-7-14(26-5)10(2)16(9)24-17(20)15(18(21)25)12-8-13(22-4)11(3)23-19(12)24/h6-8H,20H2,1-3,5H3,(H2,21,25). The van der Waals surface area contributed by atoms with Crippen LogP contribution in [0.15, 0.2) is 18.2 Å². The van der Waals surface area contributed by atoms with Gasteiger partial charge in [0.2, 0.25) is 5.69 Å². The summed E-state index contributed by atoms with van der Waals surface area (Å²) in [4.78, 5) is 20.1. The fraction of sp³-hybridized carbons (Fsp3) is 0.211. The van der Waals surface area contributed by atoms with Crippen LogP contribution in [0.1, 0.15) is 27.2 Å². The molecular weight excluding hydrogens is 330 g/mol. The van der Waals surface area contributed by atoms with E-state index in [2.05, 4.69) is 9.83 Å². The summed E-state index contributed by atoms with van der Waals surface area (Å²) in [6.07, 6.45) is 0. The summed E-state index contributed by atoms with van der Waals surface area (Å²) in [6.45, 7) is 12.9. The molecule has 7 heteroatoms. The van der Waals surface area contributed by atoms with Gasteiger partial charge in [0.1, 0.15) is 17.2 Å². The van der Waals surface area contributed by atoms with Crippen molar-refractivity contribution in [2.45, 2.75) is 20.8 Å². The minimum Gasteiger partial charge on any atom is -0.496 e. The van der Waals surface area contributed by atoms with Gasteiger partial charge in [-0.15, -0.1) is 0 Å². The third kappa shape index (κ3) is 2.35. The first-order valence-electron chi connectivity index (χ1n) is 7.95. The average molecular weight is 349 g/mol. The molecule has 0 aliphatic heterocycles. The number of rotatable bonds is 3. The van der Waals surface area contributed by atoms with Gasteiger partial charge in [-0.3, -0.25) is 9.36 Å². The van der Waals surface area contributed by atoms with Crippen LogP contribution in [-0.2, 0) is 0 Å². The van der Waals surface area contributed by atoms with Crippen molar-refractivity contribution in [1.82, 2.24) is 9.55 Å². The molecule has 0 aliphatic rings. The summed E-state index contributed by atoms with van der Waals surface area (Å²) < 4.78 is 7.13. The molecule has 0 radical (unpaired) electrons. The summed E-state index contributed by atoms with van der Waals surface area (Å²) in [5.74, 6) is 0.231. The van der Waals surface area contributed by atoms with Gasteiger partial charge in [-0.25, -0.2) is 9.83 Å². The number of aryl methyl sites for hydroxylation is 2. The number of ether oxygens (including phenoxy) is 1. The smallest absolute Gasteiger partial charge is 0.253 e. The number of hydrogen-bond acceptors (Lipinski definition) is 4. The van der Waals surface area contributed by atoms with Crippen molar-refractivity contribution in [3.05, 3.63) is 52.0 Å². The van der Waals surface area contributed by atoms with Gasteiger partial charge in [0.25, 0.3) is 5.91 Å². The molecule has 0 bridgehead atoms. The van der Waals surface area contributed by atoms with Crippen molar-refractivity contribution in [3.63, 3.8) is 0 Å². The van der Waals surface area contributed by atoms with E-state index in [0.29, 0.717) is 28.2 Å². The van der Waals surface area contributed by atoms with E-state index >= 15 is 0 Å². The molecule has 1 aromatic carbocycles. The van der Waals surface area contributed by atoms with Crippen molar-refractivity contribution in [1.29, 1.82) is 0 Å². The van der Waals surface area contributed by atoms with Crippen LogP contribution < -0.4 is 16.2 Å². The van der Waals surface area contributed by atoms with E-state index in [9.17, 15) is 4.79 Å². The number of nitrogen functional groups attached to an aromatic ring is 1. The van der Waals surface area contributed by atoms with Gasteiger partial charge in [0, 0.05) is 16.6 Å². The normalized spacial score (nSPS) is 10.7. The predicted octanol–water partition coefficient (Wildman–Crippen LogP) is 3.19. The lowest BCUT2D eigenvalue weighted by Crippen LogP contribution is -2.14. The molecule has 2 heterocycles. The van der Waals surface area contributed by atoms with Crippen LogP contribution >= 0.6 is 0 Å². The number of benzene rings is 1. The molecule has 0 unspecified atom stereocenters. The van der Waals surface area contributed by atoms with Crippen molar-refractivity contribution >= 4 is 28.4 Å². The number of methoxy groups -OCH3 is 1. The lowest BCUT2D eigenvalue weighted by Gasteiger charge is -2.17. The molecule has 0 fully saturated rings. The van der Waals surface area contributed by atoms with Crippen LogP contribution in [0.4, 0.5) is 11.5 Å². The molecule has 0 saturated carbocycles. The van der Waals surface area contributed by atoms with E-state index in [0.717, 1.165) is 16.8 Å². The maximum Gasteiger partial charge on any atom is 0.253 e. The number of carbonyl (C=O) groups excluding carboxylic acids is 1. The van der Waals surface area contributed by atoms with Gasteiger partial charge in [-0.1, -0.05) is 6.07 Å². The minimum atomic E-state index is -0.661. The molecule has 26 heavy (non-hydrogen) atoms. The Morgan fingerprint density at radius 1 is 1.31 bits per heavy atom. The maximum atomic E-state index is 12.1. The average Bonchev–Trinajstić information content (AvgIpc) is 2.86. The molecule has 1 amide bonds. The lowest BCUT2D eigenvalue weighted by molar-refractivity contribution is 0.100. The number of fused-ring (bicyclic) bond motifs is 1. The van der Waals surface area contributed by atoms with Gasteiger partial charge < -0.3 is 16.2 Å². The molecule has 0 saturated heterocycles. The Balaban J connectivity index is 2.54. The highest BCUT2D eigenvalue weighted by molar-refractivity contribution is 6.11. The highest BCUT2D eigenvalue weighted by Crippen LogP contribution is 2.37. The van der Waals surface area contributed by atoms with Gasteiger partial charge in [-0.05, 0) is 38.5 Å². The summed E-state index contributed by atoms with van der Waals surface area (Å²) in [7, 11) is 1.60. The monoisotopic (exact) mass is 349 g/mol. The predicted molar refractivity (Wildman–Crippen MR) is 101 cm³/mol. The second kappa shape index (κ2) is 6.08. The number of nitrogens with two attached hydrogens (primary N) is 2. The quantitative estimate of drug-likeness (QED) is 0.709. The topological polar surface area (TPSA) is 101 Å². The maximum absolute atomic E-state index is 12.1. The van der Waals surface area contributed by atoms with Gasteiger partial charge in [0.05, 0.1) is 24.9 Å². The number of hydrogen-bond donors (Lipinski definition) is 2. The zero-order valence-electron chi connectivity index (χ0n) is 15.0. The molecule has 0 aliphatic carbocycles. The van der Waals surface area contributed by atoms with E-state index in [4.69, 9.17) is 22.8 Å². The highest BCUT2D eigenvalue weighted by Gasteiger charge is 2.24. The van der Waals surface area contributed by atoms with E-state index in [1.165, 1.54) is 0 Å². The van der Waals surface area contributed by atoms with Crippen LogP contribution in [0.5, 0.6) is 5.75 Å². The summed E-state index contributed by atoms with van der Waals surface area (Å²) in [5.41, 5.74) is 16.0. The zero-order valence-corrected chi connectivity index (χ0v) is 15.0. The van der Waals surface area contributed by atoms with Crippen molar-refractivity contribution in [3.8, 4) is 11.4 Å². The van der Waals surface area contributed by atoms with Gasteiger partial charge in [0.15, 0.2) is 0 Å². The van der Waals surface area contributed by atoms with E-state index in [1.807, 2.05) is 26.0 Å². The Labute approximate surface area is 151 Å². The van der Waals surface area contributed by atoms with E-state index < -0.39 is 5.91 Å². The first kappa shape index (κ1) is 17.3. The number of aromatic nitrogens is 2. The Morgan fingerprint density at radius 3 is 2.58 bits per heavy atom. The number of primary amides is 1. The molecule has 7 nitrogen and oxygen atoms in total. The third-order valence-electron chi connectivity index (χ3n) is 4.54. The third-order valence-corrected chi connectivity index (χ3v) is 4.54. The molecule has 3 rings (SSSR count). The first-order valence-corrected chi connectivity index (χ1v) is 7.95. The fourth-order valence-corrected chi connectivity index (χ4v) is 3.28. The summed E-state index contributed by atoms with van der Waals surface area (Å²) in [6, 6.07) is 5.40. The Bertz CT molecular complexity index is 1110. The Hall–Kier alpha value is -3.53. The molecule has 3 aromatic rings. The van der Waals surface area contributed by atoms with E-state index in [1.54, 1.807) is 24.7 Å². The van der Waals surface area contributed by atoms with Crippen LogP contribution in [-0.4, -0.2) is 22.6 Å². The van der Waals surface area contributed by atoms with Crippen LogP contribution in [0, 0.1) is 27.3 Å². The molecule has 132 valence electrons. The largest absolute Gasteiger partial charge is 0.496 e. The molecular formula is C19H19N5O2. The second-order valence-corrected chi connectivity index (χ2v) is 6.09. The number of anilines is 1. The second-order valence-electron chi connectivity index (χ2n) is 6.09.